The molecule has 4 N–H and O–H groups in total. The summed E-state index contributed by atoms with van der Waals surface area (Å²) in [6.45, 7) is -0.169. The lowest BCUT2D eigenvalue weighted by Crippen LogP contribution is -2.44. The van der Waals surface area contributed by atoms with E-state index < -0.39 is 29.7 Å². The quantitative estimate of drug-likeness (QED) is 0.314. The monoisotopic (exact) mass is 510 g/mol. The van der Waals surface area contributed by atoms with Crippen molar-refractivity contribution in [3.8, 4) is 0 Å². The minimum absolute atomic E-state index is 0.0805. The van der Waals surface area contributed by atoms with Crippen LogP contribution in [0.2, 0.25) is 0 Å². The van der Waals surface area contributed by atoms with E-state index in [0.717, 1.165) is 11.7 Å². The number of carbonyl (C=O) groups is 4. The summed E-state index contributed by atoms with van der Waals surface area (Å²) in [4.78, 5) is 65.2. The number of hydrogen-bond donors (Lipinski definition) is 4. The molecule has 3 amide bonds. The number of likely N-dealkylation sites (N-methyl/N-ethyl adjacent to an activating group) is 1. The second-order valence-electron chi connectivity index (χ2n) is 7.76. The summed E-state index contributed by atoms with van der Waals surface area (Å²) in [5.41, 5.74) is 0.156. The molecule has 0 aliphatic carbocycles. The van der Waals surface area contributed by atoms with Crippen LogP contribution >= 0.6 is 0 Å². The molecular weight excluding hydrogens is 484 g/mol. The molecule has 2 heterocycles. The van der Waals surface area contributed by atoms with Gasteiger partial charge in [0.2, 0.25) is 11.8 Å². The average Bonchev–Trinajstić information content (AvgIpc) is 3.25. The summed E-state index contributed by atoms with van der Waals surface area (Å²) in [5.74, 6) is -0.873. The Bertz CT molecular complexity index is 1410. The number of ether oxygens (including phenoxy) is 1. The number of carboxylic acid groups (broad SMARTS) is 1. The van der Waals surface area contributed by atoms with Crippen molar-refractivity contribution in [3.63, 3.8) is 0 Å². The maximum Gasteiger partial charge on any atom is 0.417 e. The SMILES string of the molecule is CNC(=O)C=CCCC(NC(=O)OC)C(=O)Nc1cccn(Cc2nc3ccccc3n2C(=O)O)c1=O. The highest BCUT2D eigenvalue weighted by Crippen LogP contribution is 2.16. The Morgan fingerprint density at radius 1 is 1.16 bits per heavy atom. The number of alkyl carbamates (subject to hydrolysis) is 1. The van der Waals surface area contributed by atoms with Crippen LogP contribution in [-0.2, 0) is 20.9 Å². The third kappa shape index (κ3) is 6.60. The Morgan fingerprint density at radius 3 is 2.62 bits per heavy atom. The van der Waals surface area contributed by atoms with Crippen LogP contribution in [0.1, 0.15) is 18.7 Å². The number of carbonyl (C=O) groups excluding carboxylic acids is 3. The van der Waals surface area contributed by atoms with Gasteiger partial charge in [0.05, 0.1) is 24.7 Å². The lowest BCUT2D eigenvalue weighted by molar-refractivity contribution is -0.118. The molecule has 0 aliphatic heterocycles. The number of allylic oxidation sites excluding steroid dienone is 1. The minimum atomic E-state index is -1.25. The molecule has 1 aromatic carbocycles. The van der Waals surface area contributed by atoms with Crippen LogP contribution in [-0.4, -0.2) is 63.4 Å². The van der Waals surface area contributed by atoms with Gasteiger partial charge in [0.25, 0.3) is 5.56 Å². The number of pyridine rings is 1. The van der Waals surface area contributed by atoms with Gasteiger partial charge in [-0.05, 0) is 43.2 Å². The zero-order valence-electron chi connectivity index (χ0n) is 20.1. The molecule has 13 heteroatoms. The number of aromatic nitrogens is 3. The molecule has 0 fully saturated rings. The van der Waals surface area contributed by atoms with Crippen molar-refractivity contribution in [3.05, 3.63) is 70.9 Å². The van der Waals surface area contributed by atoms with Crippen molar-refractivity contribution in [1.82, 2.24) is 24.8 Å². The molecule has 0 spiro atoms. The number of rotatable bonds is 9. The first kappa shape index (κ1) is 26.7. The molecule has 0 aliphatic rings. The summed E-state index contributed by atoms with van der Waals surface area (Å²) in [5, 5.41) is 17.0. The number of para-hydroxylation sites is 2. The number of anilines is 1. The number of hydrogen-bond acceptors (Lipinski definition) is 7. The number of nitrogens with one attached hydrogen (secondary N) is 3. The van der Waals surface area contributed by atoms with Crippen LogP contribution in [0.15, 0.2) is 59.5 Å². The predicted octanol–water partition coefficient (Wildman–Crippen LogP) is 1.52. The molecule has 3 aromatic rings. The van der Waals surface area contributed by atoms with Crippen molar-refractivity contribution < 1.29 is 29.0 Å². The molecule has 194 valence electrons. The second kappa shape index (κ2) is 12.2. The number of amides is 3. The molecule has 0 radical (unpaired) electrons. The van der Waals surface area contributed by atoms with Crippen LogP contribution in [0.5, 0.6) is 0 Å². The average molecular weight is 511 g/mol. The molecule has 3 rings (SSSR count). The van der Waals surface area contributed by atoms with Gasteiger partial charge >= 0.3 is 12.2 Å². The number of nitrogens with zero attached hydrogens (tertiary/aromatic N) is 3. The van der Waals surface area contributed by atoms with Crippen LogP contribution in [0, 0.1) is 0 Å². The van der Waals surface area contributed by atoms with Crippen molar-refractivity contribution in [1.29, 1.82) is 0 Å². The Hall–Kier alpha value is -4.94. The molecule has 0 saturated carbocycles. The van der Waals surface area contributed by atoms with Crippen molar-refractivity contribution in [2.75, 3.05) is 19.5 Å². The van der Waals surface area contributed by atoms with E-state index in [9.17, 15) is 29.1 Å². The first-order valence-corrected chi connectivity index (χ1v) is 11.2. The Labute approximate surface area is 210 Å². The Kier molecular flexibility index (Phi) is 8.76. The highest BCUT2D eigenvalue weighted by Gasteiger charge is 2.22. The fraction of sp³-hybridized carbons (Fsp3) is 0.250. The van der Waals surface area contributed by atoms with E-state index in [4.69, 9.17) is 0 Å². The van der Waals surface area contributed by atoms with E-state index in [1.807, 2.05) is 0 Å². The van der Waals surface area contributed by atoms with E-state index in [2.05, 4.69) is 25.7 Å². The van der Waals surface area contributed by atoms with Crippen molar-refractivity contribution in [2.24, 2.45) is 0 Å². The fourth-order valence-corrected chi connectivity index (χ4v) is 3.53. The van der Waals surface area contributed by atoms with Crippen LogP contribution in [0.4, 0.5) is 15.3 Å². The molecule has 13 nitrogen and oxygen atoms in total. The first-order chi connectivity index (χ1) is 17.7. The third-order valence-electron chi connectivity index (χ3n) is 5.34. The minimum Gasteiger partial charge on any atom is -0.464 e. The van der Waals surface area contributed by atoms with E-state index in [1.165, 1.54) is 36.0 Å². The first-order valence-electron chi connectivity index (χ1n) is 11.2. The van der Waals surface area contributed by atoms with E-state index >= 15 is 0 Å². The summed E-state index contributed by atoms with van der Waals surface area (Å²) >= 11 is 0. The summed E-state index contributed by atoms with van der Waals surface area (Å²) in [7, 11) is 2.63. The zero-order chi connectivity index (χ0) is 26.9. The van der Waals surface area contributed by atoms with Gasteiger partial charge in [-0.15, -0.1) is 0 Å². The van der Waals surface area contributed by atoms with E-state index in [1.54, 1.807) is 30.3 Å². The van der Waals surface area contributed by atoms with Crippen molar-refractivity contribution >= 4 is 40.7 Å². The van der Waals surface area contributed by atoms with Gasteiger partial charge in [-0.3, -0.25) is 14.4 Å². The standard InChI is InChI=1S/C24H26N6O7/c1-25-20(31)12-6-4-9-16(28-23(34)37-2)21(32)27-17-10-7-13-29(22(17)33)14-19-26-15-8-3-5-11-18(15)30(19)24(35)36/h3,5-8,10-13,16H,4,9,14H2,1-2H3,(H,25,31)(H,27,32)(H,28,34)(H,35,36). The van der Waals surface area contributed by atoms with Gasteiger partial charge in [-0.2, -0.15) is 0 Å². The summed E-state index contributed by atoms with van der Waals surface area (Å²) < 4.78 is 6.78. The van der Waals surface area contributed by atoms with E-state index in [-0.39, 0.29) is 36.8 Å². The highest BCUT2D eigenvalue weighted by atomic mass is 16.5. The molecule has 0 saturated heterocycles. The fourth-order valence-electron chi connectivity index (χ4n) is 3.53. The topological polar surface area (TPSA) is 174 Å². The second-order valence-corrected chi connectivity index (χ2v) is 7.76. The van der Waals surface area contributed by atoms with Crippen molar-refractivity contribution in [2.45, 2.75) is 25.4 Å². The summed E-state index contributed by atoms with van der Waals surface area (Å²) in [6.07, 6.45) is 2.60. The maximum absolute atomic E-state index is 13.1. The third-order valence-corrected chi connectivity index (χ3v) is 5.34. The maximum atomic E-state index is 13.1. The molecule has 1 atom stereocenters. The van der Waals surface area contributed by atoms with Gasteiger partial charge in [-0.1, -0.05) is 18.2 Å². The van der Waals surface area contributed by atoms with Gasteiger partial charge in [0.15, 0.2) is 0 Å². The van der Waals surface area contributed by atoms with Crippen LogP contribution < -0.4 is 21.5 Å². The lowest BCUT2D eigenvalue weighted by Gasteiger charge is -2.17. The Morgan fingerprint density at radius 2 is 1.92 bits per heavy atom. The zero-order valence-corrected chi connectivity index (χ0v) is 20.1. The molecule has 0 bridgehead atoms. The molecule has 37 heavy (non-hydrogen) atoms. The summed E-state index contributed by atoms with van der Waals surface area (Å²) in [6, 6.07) is 8.51. The number of imidazole rings is 1. The van der Waals surface area contributed by atoms with Gasteiger partial charge < -0.3 is 30.4 Å². The lowest BCUT2D eigenvalue weighted by atomic mass is 10.1. The largest absolute Gasteiger partial charge is 0.464 e. The van der Waals surface area contributed by atoms with Gasteiger partial charge in [-0.25, -0.2) is 19.1 Å². The molecular formula is C24H26N6O7. The van der Waals surface area contributed by atoms with Gasteiger partial charge in [0, 0.05) is 13.2 Å². The molecule has 2 aromatic heterocycles. The predicted molar refractivity (Wildman–Crippen MR) is 133 cm³/mol. The number of fused-ring (bicyclic) bond motifs is 1. The van der Waals surface area contributed by atoms with Crippen LogP contribution in [0.25, 0.3) is 11.0 Å². The number of methoxy groups -OCH3 is 1. The van der Waals surface area contributed by atoms with Gasteiger partial charge in [0.1, 0.15) is 17.6 Å². The normalized spacial score (nSPS) is 11.7. The molecule has 1 unspecified atom stereocenters. The highest BCUT2D eigenvalue weighted by molar-refractivity contribution is 5.96. The number of benzene rings is 1. The van der Waals surface area contributed by atoms with Crippen LogP contribution in [0.3, 0.4) is 0 Å². The van der Waals surface area contributed by atoms with E-state index in [0.29, 0.717) is 11.0 Å². The Balaban J connectivity index is 1.81. The smallest absolute Gasteiger partial charge is 0.417 e.